The molecule has 0 aliphatic heterocycles. The van der Waals surface area contributed by atoms with Gasteiger partial charge in [0.2, 0.25) is 0 Å². The van der Waals surface area contributed by atoms with Crippen LogP contribution < -0.4 is 10.6 Å². The van der Waals surface area contributed by atoms with E-state index in [1.165, 1.54) is 32.1 Å². The lowest BCUT2D eigenvalue weighted by Gasteiger charge is -2.29. The van der Waals surface area contributed by atoms with Crippen LogP contribution in [0, 0.1) is 5.92 Å². The molecule has 1 saturated carbocycles. The molecule has 0 heterocycles. The molecule has 21 heavy (non-hydrogen) atoms. The van der Waals surface area contributed by atoms with E-state index in [0.717, 1.165) is 17.3 Å². The first kappa shape index (κ1) is 15.7. The number of carbonyl (C=O) groups is 1. The van der Waals surface area contributed by atoms with Gasteiger partial charge in [-0.25, -0.2) is 4.79 Å². The topological polar surface area (TPSA) is 50.4 Å². The molecule has 4 heteroatoms. The van der Waals surface area contributed by atoms with Crippen molar-refractivity contribution in [3.63, 3.8) is 0 Å². The normalized spacial score (nSPS) is 21.6. The van der Waals surface area contributed by atoms with Gasteiger partial charge in [0.05, 0.1) is 6.61 Å². The largest absolute Gasteiger partial charge is 0.450 e. The molecular weight excluding hydrogens is 264 g/mol. The zero-order valence-corrected chi connectivity index (χ0v) is 13.0. The van der Waals surface area contributed by atoms with E-state index in [4.69, 9.17) is 4.74 Å². The molecule has 2 unspecified atom stereocenters. The second-order valence-corrected chi connectivity index (χ2v) is 5.70. The molecule has 1 aliphatic rings. The molecule has 1 aromatic carbocycles. The number of ether oxygens (including phenoxy) is 1. The van der Waals surface area contributed by atoms with Gasteiger partial charge < -0.3 is 10.1 Å². The summed E-state index contributed by atoms with van der Waals surface area (Å²) in [6.07, 6.45) is 6.07. The Kier molecular flexibility index (Phi) is 5.90. The van der Waals surface area contributed by atoms with Crippen molar-refractivity contribution >= 4 is 17.5 Å². The first-order valence-corrected chi connectivity index (χ1v) is 8.01. The third-order valence-corrected chi connectivity index (χ3v) is 4.14. The Labute approximate surface area is 127 Å². The van der Waals surface area contributed by atoms with Crippen LogP contribution in [0.25, 0.3) is 0 Å². The lowest BCUT2D eigenvalue weighted by molar-refractivity contribution is 0.168. The maximum absolute atomic E-state index is 11.3. The summed E-state index contributed by atoms with van der Waals surface area (Å²) in [6, 6.07) is 8.40. The van der Waals surface area contributed by atoms with Crippen molar-refractivity contribution in [1.29, 1.82) is 0 Å². The summed E-state index contributed by atoms with van der Waals surface area (Å²) in [5.74, 6) is 0.862. The Morgan fingerprint density at radius 3 is 2.57 bits per heavy atom. The summed E-state index contributed by atoms with van der Waals surface area (Å²) >= 11 is 0. The first-order chi connectivity index (χ1) is 10.2. The quantitative estimate of drug-likeness (QED) is 0.831. The average molecular weight is 290 g/mol. The van der Waals surface area contributed by atoms with Crippen LogP contribution in [0.5, 0.6) is 0 Å². The van der Waals surface area contributed by atoms with Crippen LogP contribution in [0.3, 0.4) is 0 Å². The number of amides is 1. The highest BCUT2D eigenvalue weighted by Crippen LogP contribution is 2.28. The molecule has 1 amide bonds. The molecule has 116 valence electrons. The lowest BCUT2D eigenvalue weighted by Crippen LogP contribution is -2.27. The van der Waals surface area contributed by atoms with Crippen LogP contribution >= 0.6 is 0 Å². The summed E-state index contributed by atoms with van der Waals surface area (Å²) in [4.78, 5) is 11.3. The molecule has 1 aliphatic carbocycles. The van der Waals surface area contributed by atoms with E-state index in [1.54, 1.807) is 6.92 Å². The predicted octanol–water partition coefficient (Wildman–Crippen LogP) is 4.64. The number of carbonyl (C=O) groups excluding carboxylic acids is 1. The fourth-order valence-electron chi connectivity index (χ4n) is 2.96. The number of rotatable bonds is 5. The van der Waals surface area contributed by atoms with Gasteiger partial charge in [0, 0.05) is 17.4 Å². The van der Waals surface area contributed by atoms with E-state index < -0.39 is 6.09 Å². The second-order valence-electron chi connectivity index (χ2n) is 5.70. The van der Waals surface area contributed by atoms with E-state index in [0.29, 0.717) is 12.6 Å². The third-order valence-electron chi connectivity index (χ3n) is 4.14. The van der Waals surface area contributed by atoms with Gasteiger partial charge in [-0.3, -0.25) is 5.32 Å². The molecule has 0 aromatic heterocycles. The van der Waals surface area contributed by atoms with Crippen LogP contribution in [0.1, 0.15) is 46.0 Å². The minimum atomic E-state index is -0.406. The summed E-state index contributed by atoms with van der Waals surface area (Å²) in [6.45, 7) is 4.45. The van der Waals surface area contributed by atoms with E-state index in [2.05, 4.69) is 17.6 Å². The van der Waals surface area contributed by atoms with Crippen LogP contribution in [0.15, 0.2) is 24.3 Å². The highest BCUT2D eigenvalue weighted by molar-refractivity contribution is 5.84. The number of benzene rings is 1. The van der Waals surface area contributed by atoms with Crippen molar-refractivity contribution in [1.82, 2.24) is 0 Å². The summed E-state index contributed by atoms with van der Waals surface area (Å²) in [5.41, 5.74) is 1.88. The molecule has 0 saturated heterocycles. The number of anilines is 2. The van der Waals surface area contributed by atoms with Gasteiger partial charge in [0.25, 0.3) is 0 Å². The number of hydrogen-bond acceptors (Lipinski definition) is 3. The monoisotopic (exact) mass is 290 g/mol. The highest BCUT2D eigenvalue weighted by Gasteiger charge is 2.20. The Morgan fingerprint density at radius 1 is 1.19 bits per heavy atom. The number of hydrogen-bond donors (Lipinski definition) is 2. The molecule has 1 fully saturated rings. The molecule has 2 rings (SSSR count). The molecule has 4 nitrogen and oxygen atoms in total. The Balaban J connectivity index is 1.85. The standard InChI is InChI=1S/C17H26N2O2/c1-3-13-6-5-7-16(12-13)18-14-8-10-15(11-9-14)19-17(20)21-4-2/h8-11,13,16,18H,3-7,12H2,1-2H3,(H,19,20). The summed E-state index contributed by atoms with van der Waals surface area (Å²) in [7, 11) is 0. The smallest absolute Gasteiger partial charge is 0.411 e. The fourth-order valence-corrected chi connectivity index (χ4v) is 2.96. The van der Waals surface area contributed by atoms with Gasteiger partial charge in [-0.15, -0.1) is 0 Å². The van der Waals surface area contributed by atoms with Crippen molar-refractivity contribution in [2.75, 3.05) is 17.2 Å². The maximum atomic E-state index is 11.3. The molecule has 1 aromatic rings. The van der Waals surface area contributed by atoms with Gasteiger partial charge in [0.15, 0.2) is 0 Å². The SMILES string of the molecule is CCOC(=O)Nc1ccc(NC2CCCC(CC)C2)cc1. The van der Waals surface area contributed by atoms with Gasteiger partial charge in [-0.05, 0) is 49.9 Å². The van der Waals surface area contributed by atoms with E-state index in [9.17, 15) is 4.79 Å². The van der Waals surface area contributed by atoms with Crippen LogP contribution in [0.4, 0.5) is 16.2 Å². The zero-order chi connectivity index (χ0) is 15.1. The minimum Gasteiger partial charge on any atom is -0.450 e. The van der Waals surface area contributed by atoms with Crippen LogP contribution in [0.2, 0.25) is 0 Å². The van der Waals surface area contributed by atoms with Gasteiger partial charge in [-0.2, -0.15) is 0 Å². The van der Waals surface area contributed by atoms with E-state index in [1.807, 2.05) is 24.3 Å². The average Bonchev–Trinajstić information content (AvgIpc) is 2.50. The first-order valence-electron chi connectivity index (χ1n) is 8.01. The lowest BCUT2D eigenvalue weighted by atomic mass is 9.84. The van der Waals surface area contributed by atoms with Crippen molar-refractivity contribution < 1.29 is 9.53 Å². The minimum absolute atomic E-state index is 0.381. The predicted molar refractivity (Wildman–Crippen MR) is 86.7 cm³/mol. The maximum Gasteiger partial charge on any atom is 0.411 e. The Bertz CT molecular complexity index is 445. The van der Waals surface area contributed by atoms with E-state index in [-0.39, 0.29) is 0 Å². The highest BCUT2D eigenvalue weighted by atomic mass is 16.5. The Hall–Kier alpha value is -1.71. The van der Waals surface area contributed by atoms with Crippen molar-refractivity contribution in [2.24, 2.45) is 5.92 Å². The van der Waals surface area contributed by atoms with Crippen LogP contribution in [-0.2, 0) is 4.74 Å². The molecule has 0 bridgehead atoms. The number of nitrogens with one attached hydrogen (secondary N) is 2. The van der Waals surface area contributed by atoms with Gasteiger partial charge >= 0.3 is 6.09 Å². The molecule has 2 atom stereocenters. The second kappa shape index (κ2) is 7.91. The van der Waals surface area contributed by atoms with Gasteiger partial charge in [0.1, 0.15) is 0 Å². The van der Waals surface area contributed by atoms with Crippen molar-refractivity contribution in [3.8, 4) is 0 Å². The molecule has 2 N–H and O–H groups in total. The van der Waals surface area contributed by atoms with Crippen molar-refractivity contribution in [3.05, 3.63) is 24.3 Å². The Morgan fingerprint density at radius 2 is 1.90 bits per heavy atom. The summed E-state index contributed by atoms with van der Waals surface area (Å²) in [5, 5.41) is 6.31. The van der Waals surface area contributed by atoms with Crippen molar-refractivity contribution in [2.45, 2.75) is 52.0 Å². The molecular formula is C17H26N2O2. The van der Waals surface area contributed by atoms with E-state index >= 15 is 0 Å². The van der Waals surface area contributed by atoms with Gasteiger partial charge in [-0.1, -0.05) is 26.2 Å². The fraction of sp³-hybridized carbons (Fsp3) is 0.588. The zero-order valence-electron chi connectivity index (χ0n) is 13.0. The van der Waals surface area contributed by atoms with Crippen LogP contribution in [-0.4, -0.2) is 18.7 Å². The molecule has 0 spiro atoms. The molecule has 0 radical (unpaired) electrons. The summed E-state index contributed by atoms with van der Waals surface area (Å²) < 4.78 is 4.86. The third kappa shape index (κ3) is 4.96.